The van der Waals surface area contributed by atoms with Gasteiger partial charge in [0, 0.05) is 0 Å². The highest BCUT2D eigenvalue weighted by Crippen LogP contribution is 2.01. The zero-order valence-corrected chi connectivity index (χ0v) is 8.53. The van der Waals surface area contributed by atoms with Crippen molar-refractivity contribution in [2.75, 3.05) is 13.7 Å². The van der Waals surface area contributed by atoms with Crippen molar-refractivity contribution in [2.24, 2.45) is 5.92 Å². The van der Waals surface area contributed by atoms with Gasteiger partial charge in [0.05, 0.1) is 7.11 Å². The summed E-state index contributed by atoms with van der Waals surface area (Å²) in [6, 6.07) is -0.542. The van der Waals surface area contributed by atoms with Gasteiger partial charge in [-0.2, -0.15) is 0 Å². The zero-order chi connectivity index (χ0) is 11.1. The topological polar surface area (TPSA) is 87.7 Å². The largest absolute Gasteiger partial charge is 0.480 e. The number of hydrogen-bond acceptors (Lipinski definition) is 5. The number of methoxy groups -OCH3 is 1. The highest BCUT2D eigenvalue weighted by atomic mass is 16.5. The number of ether oxygens (including phenoxy) is 1. The molecular formula is C8H16N2O4. The molecule has 0 fully saturated rings. The van der Waals surface area contributed by atoms with E-state index >= 15 is 0 Å². The second-order valence-corrected chi connectivity index (χ2v) is 3.14. The molecule has 0 amide bonds. The van der Waals surface area contributed by atoms with Gasteiger partial charge in [-0.15, -0.1) is 0 Å². The molecule has 82 valence electrons. The standard InChI is InChI=1S/C8H16N2O4/c1-5(2)7(8(13)14-3)10-9-4-6(11)12/h5,7,9-10H,4H2,1-3H3,(H,11,12)/t7-/m0/s1. The van der Waals surface area contributed by atoms with Crippen molar-refractivity contribution >= 4 is 11.9 Å². The minimum absolute atomic E-state index is 0.0174. The highest BCUT2D eigenvalue weighted by molar-refractivity contribution is 5.76. The number of carbonyl (C=O) groups excluding carboxylic acids is 1. The molecule has 0 rings (SSSR count). The summed E-state index contributed by atoms with van der Waals surface area (Å²) < 4.78 is 4.54. The summed E-state index contributed by atoms with van der Waals surface area (Å²) in [5, 5.41) is 8.34. The average molecular weight is 204 g/mol. The summed E-state index contributed by atoms with van der Waals surface area (Å²) in [6.07, 6.45) is 0. The van der Waals surface area contributed by atoms with E-state index in [0.717, 1.165) is 0 Å². The van der Waals surface area contributed by atoms with Gasteiger partial charge in [-0.1, -0.05) is 13.8 Å². The van der Waals surface area contributed by atoms with Crippen LogP contribution in [0.25, 0.3) is 0 Å². The molecule has 6 nitrogen and oxygen atoms in total. The van der Waals surface area contributed by atoms with E-state index in [4.69, 9.17) is 5.11 Å². The summed E-state index contributed by atoms with van der Waals surface area (Å²) in [5.41, 5.74) is 5.03. The van der Waals surface area contributed by atoms with Gasteiger partial charge in [-0.3, -0.25) is 9.59 Å². The molecule has 0 aliphatic heterocycles. The van der Waals surface area contributed by atoms with Crippen LogP contribution in [0.5, 0.6) is 0 Å². The van der Waals surface area contributed by atoms with Crippen LogP contribution >= 0.6 is 0 Å². The van der Waals surface area contributed by atoms with Crippen LogP contribution in [0.3, 0.4) is 0 Å². The van der Waals surface area contributed by atoms with Gasteiger partial charge in [0.25, 0.3) is 0 Å². The lowest BCUT2D eigenvalue weighted by Gasteiger charge is -2.19. The van der Waals surface area contributed by atoms with Gasteiger partial charge >= 0.3 is 11.9 Å². The summed E-state index contributed by atoms with van der Waals surface area (Å²) in [6.45, 7) is 3.41. The second kappa shape index (κ2) is 6.33. The van der Waals surface area contributed by atoms with Crippen LogP contribution in [0, 0.1) is 5.92 Å². The van der Waals surface area contributed by atoms with E-state index in [1.807, 2.05) is 13.8 Å². The van der Waals surface area contributed by atoms with Crippen LogP contribution in [0.15, 0.2) is 0 Å². The molecule has 0 aromatic carbocycles. The third-order valence-electron chi connectivity index (χ3n) is 1.62. The Kier molecular flexibility index (Phi) is 5.82. The molecule has 0 heterocycles. The number of carboxylic acid groups (broad SMARTS) is 1. The van der Waals surface area contributed by atoms with Crippen molar-refractivity contribution in [3.8, 4) is 0 Å². The lowest BCUT2D eigenvalue weighted by molar-refractivity contribution is -0.145. The van der Waals surface area contributed by atoms with Crippen molar-refractivity contribution in [1.82, 2.24) is 10.9 Å². The Morgan fingerprint density at radius 2 is 2.00 bits per heavy atom. The summed E-state index contributed by atoms with van der Waals surface area (Å²) in [7, 11) is 1.29. The smallest absolute Gasteiger partial charge is 0.324 e. The Morgan fingerprint density at radius 1 is 1.43 bits per heavy atom. The van der Waals surface area contributed by atoms with Gasteiger partial charge in [-0.05, 0) is 5.92 Å². The molecule has 0 aliphatic carbocycles. The van der Waals surface area contributed by atoms with Crippen LogP contribution in [-0.2, 0) is 14.3 Å². The minimum atomic E-state index is -0.995. The van der Waals surface area contributed by atoms with E-state index in [1.165, 1.54) is 7.11 Å². The normalized spacial score (nSPS) is 12.6. The monoisotopic (exact) mass is 204 g/mol. The van der Waals surface area contributed by atoms with Crippen LogP contribution in [-0.4, -0.2) is 36.7 Å². The van der Waals surface area contributed by atoms with Crippen molar-refractivity contribution in [1.29, 1.82) is 0 Å². The average Bonchev–Trinajstić information content (AvgIpc) is 2.10. The molecule has 14 heavy (non-hydrogen) atoms. The Balaban J connectivity index is 3.98. The first-order chi connectivity index (χ1) is 6.49. The van der Waals surface area contributed by atoms with Crippen molar-refractivity contribution in [3.05, 3.63) is 0 Å². The first-order valence-electron chi connectivity index (χ1n) is 4.27. The van der Waals surface area contributed by atoms with E-state index in [-0.39, 0.29) is 12.5 Å². The Morgan fingerprint density at radius 3 is 2.36 bits per heavy atom. The highest BCUT2D eigenvalue weighted by Gasteiger charge is 2.22. The number of esters is 1. The van der Waals surface area contributed by atoms with Crippen molar-refractivity contribution in [3.63, 3.8) is 0 Å². The molecule has 0 radical (unpaired) electrons. The second-order valence-electron chi connectivity index (χ2n) is 3.14. The summed E-state index contributed by atoms with van der Waals surface area (Å²) in [4.78, 5) is 21.3. The molecule has 0 saturated heterocycles. The van der Waals surface area contributed by atoms with Gasteiger partial charge in [0.15, 0.2) is 0 Å². The summed E-state index contributed by atoms with van der Waals surface area (Å²) in [5.74, 6) is -1.40. The number of rotatable bonds is 6. The third kappa shape index (κ3) is 4.78. The summed E-state index contributed by atoms with van der Waals surface area (Å²) >= 11 is 0. The number of hydrazine groups is 1. The van der Waals surface area contributed by atoms with Crippen LogP contribution in [0.4, 0.5) is 0 Å². The Hall–Kier alpha value is -1.14. The van der Waals surface area contributed by atoms with Crippen LogP contribution < -0.4 is 10.9 Å². The van der Waals surface area contributed by atoms with Gasteiger partial charge < -0.3 is 9.84 Å². The number of hydrogen-bond donors (Lipinski definition) is 3. The van der Waals surface area contributed by atoms with Gasteiger partial charge in [0.1, 0.15) is 12.6 Å². The Labute approximate surface area is 82.6 Å². The number of aliphatic carboxylic acids is 1. The quantitative estimate of drug-likeness (QED) is 0.394. The molecular weight excluding hydrogens is 188 g/mol. The molecule has 0 aromatic rings. The molecule has 0 saturated carbocycles. The van der Waals surface area contributed by atoms with Crippen LogP contribution in [0.1, 0.15) is 13.8 Å². The third-order valence-corrected chi connectivity index (χ3v) is 1.62. The molecule has 6 heteroatoms. The molecule has 0 aromatic heterocycles. The molecule has 3 N–H and O–H groups in total. The number of carboxylic acids is 1. The maximum Gasteiger partial charge on any atom is 0.324 e. The Bertz CT molecular complexity index is 206. The fourth-order valence-corrected chi connectivity index (χ4v) is 0.861. The van der Waals surface area contributed by atoms with E-state index in [9.17, 15) is 9.59 Å². The molecule has 0 aliphatic rings. The predicted octanol–water partition coefficient (Wildman–Crippen LogP) is -0.637. The van der Waals surface area contributed by atoms with Crippen molar-refractivity contribution in [2.45, 2.75) is 19.9 Å². The van der Waals surface area contributed by atoms with Crippen molar-refractivity contribution < 1.29 is 19.4 Å². The fourth-order valence-electron chi connectivity index (χ4n) is 0.861. The first-order valence-corrected chi connectivity index (χ1v) is 4.27. The fraction of sp³-hybridized carbons (Fsp3) is 0.750. The first kappa shape index (κ1) is 12.9. The maximum atomic E-state index is 11.2. The molecule has 0 bridgehead atoms. The van der Waals surface area contributed by atoms with Crippen LogP contribution in [0.2, 0.25) is 0 Å². The van der Waals surface area contributed by atoms with E-state index in [1.54, 1.807) is 0 Å². The predicted molar refractivity (Wildman–Crippen MR) is 49.4 cm³/mol. The lowest BCUT2D eigenvalue weighted by atomic mass is 10.1. The number of carbonyl (C=O) groups is 2. The molecule has 0 spiro atoms. The zero-order valence-electron chi connectivity index (χ0n) is 8.53. The number of nitrogens with one attached hydrogen (secondary N) is 2. The molecule has 0 unspecified atom stereocenters. The van der Waals surface area contributed by atoms with E-state index in [0.29, 0.717) is 0 Å². The maximum absolute atomic E-state index is 11.2. The molecule has 1 atom stereocenters. The van der Waals surface area contributed by atoms with Gasteiger partial charge in [0.2, 0.25) is 0 Å². The lowest BCUT2D eigenvalue weighted by Crippen LogP contribution is -2.50. The van der Waals surface area contributed by atoms with E-state index < -0.39 is 18.0 Å². The SMILES string of the molecule is COC(=O)[C@@H](NNCC(=O)O)C(C)C. The van der Waals surface area contributed by atoms with E-state index in [2.05, 4.69) is 15.6 Å². The minimum Gasteiger partial charge on any atom is -0.480 e. The van der Waals surface area contributed by atoms with Gasteiger partial charge in [-0.25, -0.2) is 10.9 Å².